The van der Waals surface area contributed by atoms with Crippen molar-refractivity contribution in [1.29, 1.82) is 0 Å². The Morgan fingerprint density at radius 1 is 0.870 bits per heavy atom. The van der Waals surface area contributed by atoms with Gasteiger partial charge < -0.3 is 38.4 Å². The van der Waals surface area contributed by atoms with Crippen LogP contribution in [0.15, 0.2) is 73.0 Å². The van der Waals surface area contributed by atoms with Gasteiger partial charge in [0.15, 0.2) is 28.5 Å². The zero-order valence-corrected chi connectivity index (χ0v) is 50.4. The lowest BCUT2D eigenvalue weighted by atomic mass is 9.89. The highest BCUT2D eigenvalue weighted by molar-refractivity contribution is 7.90. The highest BCUT2D eigenvalue weighted by Crippen LogP contribution is 2.52. The zero-order chi connectivity index (χ0) is 57.4. The van der Waals surface area contributed by atoms with Crippen molar-refractivity contribution < 1.29 is 59.2 Å². The third-order valence-corrected chi connectivity index (χ3v) is 27.0. The normalized spacial score (nSPS) is 24.9. The summed E-state index contributed by atoms with van der Waals surface area (Å²) in [5.41, 5.74) is 2.59. The number of hydrogen-bond acceptors (Lipinski definition) is 18. The van der Waals surface area contributed by atoms with Gasteiger partial charge in [-0.2, -0.15) is 13.5 Å². The van der Waals surface area contributed by atoms with Crippen LogP contribution in [0.4, 0.5) is 0 Å². The number of nitrogens with two attached hydrogens (primary N) is 1. The number of unbranched alkanes of at least 4 members (excludes halogenated alkanes) is 3. The molecule has 1 aromatic carbocycles. The van der Waals surface area contributed by atoms with Gasteiger partial charge in [-0.1, -0.05) is 72.6 Å². The summed E-state index contributed by atoms with van der Waals surface area (Å²) < 4.78 is 93.7. The average molecular weight is 1160 g/mol. The lowest BCUT2D eigenvalue weighted by molar-refractivity contribution is -0.142. The van der Waals surface area contributed by atoms with E-state index in [9.17, 15) is 42.1 Å². The number of aliphatic hydroxyl groups is 1. The van der Waals surface area contributed by atoms with Crippen molar-refractivity contribution in [2.45, 2.75) is 192 Å². The molecule has 9 atom stereocenters. The number of carbonyl (C=O) groups is 1. The molecular formula is C50H79N6O17PSSi2. The molecule has 6 rings (SSSR count). The van der Waals surface area contributed by atoms with E-state index in [4.69, 9.17) is 42.0 Å². The van der Waals surface area contributed by atoms with Crippen LogP contribution in [0.1, 0.15) is 104 Å². The minimum absolute atomic E-state index is 0.00652. The number of benzene rings is 1. The molecule has 0 aliphatic carbocycles. The van der Waals surface area contributed by atoms with E-state index in [1.165, 1.54) is 35.6 Å². The van der Waals surface area contributed by atoms with Crippen LogP contribution in [0.25, 0.3) is 0 Å². The first-order valence-electron chi connectivity index (χ1n) is 25.8. The Kier molecular flexibility index (Phi) is 18.8. The maximum Gasteiger partial charge on any atom is 0.459 e. The zero-order valence-electron chi connectivity index (χ0n) is 46.7. The molecular weight excluding hydrogens is 1080 g/mol. The lowest BCUT2D eigenvalue weighted by Gasteiger charge is -2.43. The summed E-state index contributed by atoms with van der Waals surface area (Å²) in [4.78, 5) is 67.9. The van der Waals surface area contributed by atoms with Crippen molar-refractivity contribution >= 4 is 40.5 Å². The van der Waals surface area contributed by atoms with E-state index in [1.54, 1.807) is 44.2 Å². The predicted molar refractivity (Wildman–Crippen MR) is 292 cm³/mol. The molecule has 3 aliphatic rings. The Bertz CT molecular complexity index is 3080. The smallest absolute Gasteiger partial charge is 0.459 e. The molecule has 23 nitrogen and oxygen atoms in total. The van der Waals surface area contributed by atoms with Crippen LogP contribution < -0.4 is 37.8 Å². The first-order valence-corrected chi connectivity index (χ1v) is 34.7. The molecule has 430 valence electrons. The van der Waals surface area contributed by atoms with Gasteiger partial charge in [0.2, 0.25) is 0 Å². The summed E-state index contributed by atoms with van der Waals surface area (Å²) in [6, 6.07) is 7.01. The van der Waals surface area contributed by atoms with E-state index >= 15 is 0 Å². The van der Waals surface area contributed by atoms with Gasteiger partial charge in [-0.25, -0.2) is 18.3 Å². The van der Waals surface area contributed by atoms with Crippen molar-refractivity contribution in [1.82, 2.24) is 23.4 Å². The monoisotopic (exact) mass is 1150 g/mol. The minimum atomic E-state index is -4.34. The van der Waals surface area contributed by atoms with E-state index in [0.29, 0.717) is 25.7 Å². The maximum atomic E-state index is 14.6. The fraction of sp³-hybridized carbons (Fsp3) is 0.660. The number of ether oxygens (including phenoxy) is 3. The third-order valence-electron chi connectivity index (χ3n) is 15.4. The molecule has 2 aromatic heterocycles. The largest absolute Gasteiger partial charge is 0.468 e. The van der Waals surface area contributed by atoms with Crippen LogP contribution in [0.2, 0.25) is 36.3 Å². The van der Waals surface area contributed by atoms with Crippen molar-refractivity contribution in [3.05, 3.63) is 107 Å². The second-order valence-electron chi connectivity index (χ2n) is 23.2. The summed E-state index contributed by atoms with van der Waals surface area (Å²) in [5, 5.41) is 13.8. The molecule has 5 heterocycles. The van der Waals surface area contributed by atoms with Crippen molar-refractivity contribution in [2.75, 3.05) is 20.3 Å². The van der Waals surface area contributed by atoms with Gasteiger partial charge in [-0.05, 0) is 82.0 Å². The van der Waals surface area contributed by atoms with Gasteiger partial charge in [0, 0.05) is 43.0 Å². The highest BCUT2D eigenvalue weighted by Gasteiger charge is 2.67. The molecule has 2 saturated heterocycles. The number of methoxy groups -OCH3 is 1. The standard InChI is InChI=1S/C50H79N6O17PSSi2/c1-32-27-55(40-26-36(57)37(69-40)29-67-74(63,52-34(3)45(60)66-10)71-35-22-18-17-19-23-35)46(61)53(42(32)58)24-20-15-16-21-25-54-43(59)33(2)28-56(47(54)62)44-41(72-77(13,14)49(7,8)9)50(38(51)31-75(64,65)73-50)39(70-44)30-68-76(11,12)48(4,5)6/h17-19,22-23,27-28,31,34,36-37,39-41,44,57H,15-16,20-21,24-26,29-30,51H2,1-14H3,(H,52,63)/t34?,36-,37+,39+,40+,41-,44+,50?,74?/m0/s1. The molecule has 27 heteroatoms. The SMILES string of the molecule is COC(=O)C(C)NP(=O)(OC[C@H]1O[C@@H](n2cc(C)c(=O)n(CCCCCCn3c(=O)c(C)cn([C@@H]4O[C@H](CO[Si](C)(C)C(C)(C)C)C5(OS(=O)(=O)C=C5N)[C@H]4O[Si](C)(C)C(C)(C)C)c3=O)c2=O)C[C@@H]1O)Oc1ccccc1. The molecule has 1 spiro atoms. The summed E-state index contributed by atoms with van der Waals surface area (Å²) in [6.45, 7) is 24.2. The van der Waals surface area contributed by atoms with Gasteiger partial charge >= 0.3 is 25.1 Å². The van der Waals surface area contributed by atoms with Crippen LogP contribution in [-0.4, -0.2) is 111 Å². The molecule has 4 N–H and O–H groups in total. The molecule has 3 unspecified atom stereocenters. The fourth-order valence-corrected chi connectivity index (χ4v) is 13.8. The van der Waals surface area contributed by atoms with Gasteiger partial charge in [0.1, 0.15) is 36.3 Å². The molecule has 2 fully saturated rings. The molecule has 0 saturated carbocycles. The Morgan fingerprint density at radius 3 is 1.94 bits per heavy atom. The van der Waals surface area contributed by atoms with E-state index in [-0.39, 0.29) is 53.7 Å². The van der Waals surface area contributed by atoms with Crippen LogP contribution in [0, 0.1) is 13.8 Å². The number of aryl methyl sites for hydroxylation is 2. The summed E-state index contributed by atoms with van der Waals surface area (Å²) in [5.74, 6) is -0.549. The first-order chi connectivity index (χ1) is 35.6. The summed E-state index contributed by atoms with van der Waals surface area (Å²) in [7, 11) is -12.8. The molecule has 0 bridgehead atoms. The minimum Gasteiger partial charge on any atom is -0.468 e. The highest BCUT2D eigenvalue weighted by atomic mass is 32.2. The molecule has 0 radical (unpaired) electrons. The van der Waals surface area contributed by atoms with E-state index < -0.39 is 123 Å². The van der Waals surface area contributed by atoms with Gasteiger partial charge in [-0.3, -0.25) is 37.2 Å². The quantitative estimate of drug-likeness (QED) is 0.0372. The topological polar surface area (TPSA) is 288 Å². The first kappa shape index (κ1) is 61.9. The average Bonchev–Trinajstić information content (AvgIpc) is 3.93. The van der Waals surface area contributed by atoms with Crippen molar-refractivity contribution in [2.24, 2.45) is 5.73 Å². The number of nitrogens with one attached hydrogen (secondary N) is 1. The molecule has 77 heavy (non-hydrogen) atoms. The van der Waals surface area contributed by atoms with Crippen LogP contribution in [0.5, 0.6) is 5.75 Å². The van der Waals surface area contributed by atoms with Gasteiger partial charge in [0.25, 0.3) is 21.2 Å². The molecule has 3 aromatic rings. The van der Waals surface area contributed by atoms with Crippen LogP contribution >= 0.6 is 7.75 Å². The summed E-state index contributed by atoms with van der Waals surface area (Å²) in [6.07, 6.45) is -2.72. The van der Waals surface area contributed by atoms with E-state index in [0.717, 1.165) is 14.5 Å². The third kappa shape index (κ3) is 13.5. The Balaban J connectivity index is 1.16. The van der Waals surface area contributed by atoms with E-state index in [2.05, 4.69) is 25.9 Å². The second-order valence-corrected chi connectivity index (χ2v) is 35.8. The number of nitrogens with zero attached hydrogens (tertiary/aromatic N) is 4. The van der Waals surface area contributed by atoms with E-state index in [1.807, 2.05) is 47.0 Å². The van der Waals surface area contributed by atoms with Gasteiger partial charge in [-0.15, -0.1) is 0 Å². The maximum absolute atomic E-state index is 14.6. The fourth-order valence-electron chi connectivity index (χ4n) is 8.79. The Labute approximate surface area is 451 Å². The predicted octanol–water partition coefficient (Wildman–Crippen LogP) is 5.42. The summed E-state index contributed by atoms with van der Waals surface area (Å²) >= 11 is 0. The second kappa shape index (κ2) is 23.4. The molecule has 3 aliphatic heterocycles. The van der Waals surface area contributed by atoms with Crippen molar-refractivity contribution in [3.63, 3.8) is 0 Å². The number of carbonyl (C=O) groups excluding carboxylic acids is 1. The number of para-hydroxylation sites is 1. The number of esters is 1. The van der Waals surface area contributed by atoms with Crippen LogP contribution in [-0.2, 0) is 64.3 Å². The lowest BCUT2D eigenvalue weighted by Crippen LogP contribution is -2.59. The number of hydrogen-bond donors (Lipinski definition) is 3. The van der Waals surface area contributed by atoms with Gasteiger partial charge in [0.05, 0.1) is 37.5 Å². The number of aromatic nitrogens is 4. The molecule has 0 amide bonds. The number of aliphatic hydroxyl groups excluding tert-OH is 1. The Hall–Kier alpha value is -4.32. The van der Waals surface area contributed by atoms with Crippen LogP contribution in [0.3, 0.4) is 0 Å². The van der Waals surface area contributed by atoms with Crippen molar-refractivity contribution in [3.8, 4) is 5.75 Å². The number of rotatable bonds is 22. The Morgan fingerprint density at radius 2 is 1.42 bits per heavy atom.